The largest absolute Gasteiger partial charge is 0.493 e. The molecule has 0 radical (unpaired) electrons. The van der Waals surface area contributed by atoms with Crippen LogP contribution in [0.1, 0.15) is 33.3 Å². The number of rotatable bonds is 8. The highest BCUT2D eigenvalue weighted by Crippen LogP contribution is 2.36. The summed E-state index contributed by atoms with van der Waals surface area (Å²) in [5.74, 6) is -1.24. The van der Waals surface area contributed by atoms with Gasteiger partial charge < -0.3 is 19.2 Å². The zero-order chi connectivity index (χ0) is 31.4. The zero-order valence-corrected chi connectivity index (χ0v) is 27.0. The fourth-order valence-electron chi connectivity index (χ4n) is 4.44. The summed E-state index contributed by atoms with van der Waals surface area (Å²) in [4.78, 5) is 41.0. The van der Waals surface area contributed by atoms with Crippen molar-refractivity contribution in [1.82, 2.24) is 10.4 Å². The number of fused-ring (bicyclic) bond motifs is 1. The van der Waals surface area contributed by atoms with Crippen LogP contribution in [0.15, 0.2) is 92.9 Å². The van der Waals surface area contributed by atoms with Gasteiger partial charge in [-0.2, -0.15) is 5.10 Å². The molecule has 0 aliphatic rings. The predicted octanol–water partition coefficient (Wildman–Crippen LogP) is 7.93. The molecule has 5 aromatic rings. The first-order chi connectivity index (χ1) is 21.2. The number of benzene rings is 4. The molecule has 0 fully saturated rings. The number of halogens is 3. The van der Waals surface area contributed by atoms with Crippen LogP contribution in [0.25, 0.3) is 22.0 Å². The summed E-state index contributed by atoms with van der Waals surface area (Å²) in [7, 11) is 1.39. The Kier molecular flexibility index (Phi) is 9.48. The molecule has 44 heavy (non-hydrogen) atoms. The van der Waals surface area contributed by atoms with Crippen LogP contribution < -0.4 is 19.6 Å². The van der Waals surface area contributed by atoms with Gasteiger partial charge in [-0.15, -0.1) is 0 Å². The number of para-hydroxylation sites is 1. The Hall–Kier alpha value is -4.45. The SMILES string of the molecule is COc1cc(C(=O)Oc2c(Br)cc(Br)cc2C=NNC(=O)c2[nH]c3c(Cl)cccc3c2-c2ccccc2)ccc1OC(C)=O. The minimum absolute atomic E-state index is 0.148. The van der Waals surface area contributed by atoms with E-state index in [2.05, 4.69) is 47.4 Å². The molecule has 5 rings (SSSR count). The molecule has 0 bridgehead atoms. The minimum Gasteiger partial charge on any atom is -0.493 e. The molecule has 1 amide bonds. The lowest BCUT2D eigenvalue weighted by molar-refractivity contribution is -0.132. The Morgan fingerprint density at radius 3 is 2.43 bits per heavy atom. The maximum atomic E-state index is 13.4. The highest BCUT2D eigenvalue weighted by Gasteiger charge is 2.21. The first-order valence-electron chi connectivity index (χ1n) is 12.9. The van der Waals surface area contributed by atoms with Crippen molar-refractivity contribution < 1.29 is 28.6 Å². The minimum atomic E-state index is -0.707. The third-order valence-corrected chi connectivity index (χ3v) is 7.69. The molecule has 1 heterocycles. The summed E-state index contributed by atoms with van der Waals surface area (Å²) in [6, 6.07) is 22.6. The van der Waals surface area contributed by atoms with Crippen molar-refractivity contribution >= 4 is 78.4 Å². The van der Waals surface area contributed by atoms with Gasteiger partial charge in [0.2, 0.25) is 0 Å². The van der Waals surface area contributed by atoms with Crippen LogP contribution in [0, 0.1) is 0 Å². The van der Waals surface area contributed by atoms with E-state index in [9.17, 15) is 14.4 Å². The van der Waals surface area contributed by atoms with E-state index in [1.807, 2.05) is 42.5 Å². The monoisotopic (exact) mass is 737 g/mol. The summed E-state index contributed by atoms with van der Waals surface area (Å²) >= 11 is 13.3. The highest BCUT2D eigenvalue weighted by atomic mass is 79.9. The van der Waals surface area contributed by atoms with E-state index in [0.717, 1.165) is 10.9 Å². The molecular weight excluding hydrogens is 718 g/mol. The number of carbonyl (C=O) groups excluding carboxylic acids is 3. The Morgan fingerprint density at radius 1 is 0.932 bits per heavy atom. The van der Waals surface area contributed by atoms with Crippen molar-refractivity contribution in [3.8, 4) is 28.4 Å². The topological polar surface area (TPSA) is 119 Å². The number of hydrogen-bond donors (Lipinski definition) is 2. The second-order valence-electron chi connectivity index (χ2n) is 9.26. The summed E-state index contributed by atoms with van der Waals surface area (Å²) in [5, 5.41) is 5.43. The Bertz CT molecular complexity index is 1940. The van der Waals surface area contributed by atoms with Crippen molar-refractivity contribution in [3.63, 3.8) is 0 Å². The molecule has 9 nitrogen and oxygen atoms in total. The van der Waals surface area contributed by atoms with Gasteiger partial charge in [0.1, 0.15) is 5.69 Å². The summed E-state index contributed by atoms with van der Waals surface area (Å²) in [6.07, 6.45) is 1.36. The molecule has 12 heteroatoms. The molecular formula is C32H22Br2ClN3O6. The van der Waals surface area contributed by atoms with Gasteiger partial charge in [0.05, 0.1) is 33.9 Å². The van der Waals surface area contributed by atoms with E-state index in [1.165, 1.54) is 38.4 Å². The van der Waals surface area contributed by atoms with Gasteiger partial charge in [-0.3, -0.25) is 9.59 Å². The van der Waals surface area contributed by atoms with Gasteiger partial charge in [0, 0.05) is 27.9 Å². The molecule has 222 valence electrons. The Labute approximate surface area is 273 Å². The molecule has 4 aromatic carbocycles. The highest BCUT2D eigenvalue weighted by molar-refractivity contribution is 9.11. The van der Waals surface area contributed by atoms with Gasteiger partial charge in [-0.25, -0.2) is 10.2 Å². The molecule has 0 saturated carbocycles. The number of esters is 2. The third-order valence-electron chi connectivity index (χ3n) is 6.33. The van der Waals surface area contributed by atoms with Crippen LogP contribution in [-0.2, 0) is 4.79 Å². The van der Waals surface area contributed by atoms with E-state index in [4.69, 9.17) is 25.8 Å². The van der Waals surface area contributed by atoms with Crippen LogP contribution in [0.2, 0.25) is 5.02 Å². The van der Waals surface area contributed by atoms with Crippen LogP contribution in [0.4, 0.5) is 0 Å². The fraction of sp³-hybridized carbons (Fsp3) is 0.0625. The number of carbonyl (C=O) groups is 3. The molecule has 0 spiro atoms. The van der Waals surface area contributed by atoms with Crippen LogP contribution in [-0.4, -0.2) is 36.2 Å². The van der Waals surface area contributed by atoms with Crippen molar-refractivity contribution in [3.05, 3.63) is 110 Å². The van der Waals surface area contributed by atoms with Crippen molar-refractivity contribution in [2.24, 2.45) is 5.10 Å². The first kappa shape index (κ1) is 31.0. The van der Waals surface area contributed by atoms with E-state index >= 15 is 0 Å². The van der Waals surface area contributed by atoms with Crippen LogP contribution >= 0.6 is 43.5 Å². The smallest absolute Gasteiger partial charge is 0.343 e. The second kappa shape index (κ2) is 13.5. The Balaban J connectivity index is 1.42. The molecule has 0 aliphatic carbocycles. The molecule has 1 aromatic heterocycles. The average molecular weight is 740 g/mol. The maximum absolute atomic E-state index is 13.4. The summed E-state index contributed by atoms with van der Waals surface area (Å²) in [5.41, 5.74) is 5.51. The number of hydrazone groups is 1. The number of amides is 1. The fourth-order valence-corrected chi connectivity index (χ4v) is 6.00. The standard InChI is InChI=1S/C32H22Br2ClN3O6/c1-17(39)43-25-12-11-19(14-26(25)42-2)32(41)44-30-20(13-21(33)15-23(30)34)16-36-38-31(40)29-27(18-7-4-3-5-8-18)22-9-6-10-24(35)28(22)37-29/h3-16,37H,1-2H3,(H,38,40). The van der Waals surface area contributed by atoms with E-state index in [1.54, 1.807) is 18.2 Å². The van der Waals surface area contributed by atoms with E-state index in [0.29, 0.717) is 30.6 Å². The number of aromatic amines is 1. The molecule has 2 N–H and O–H groups in total. The van der Waals surface area contributed by atoms with Crippen molar-refractivity contribution in [2.45, 2.75) is 6.92 Å². The zero-order valence-electron chi connectivity index (χ0n) is 23.1. The quantitative estimate of drug-likeness (QED) is 0.0723. The predicted molar refractivity (Wildman–Crippen MR) is 175 cm³/mol. The number of ether oxygens (including phenoxy) is 3. The maximum Gasteiger partial charge on any atom is 0.343 e. The van der Waals surface area contributed by atoms with Crippen LogP contribution in [0.5, 0.6) is 17.2 Å². The molecule has 0 aliphatic heterocycles. The van der Waals surface area contributed by atoms with Crippen molar-refractivity contribution in [2.75, 3.05) is 7.11 Å². The number of nitrogens with one attached hydrogen (secondary N) is 2. The number of nitrogens with zero attached hydrogens (tertiary/aromatic N) is 1. The van der Waals surface area contributed by atoms with Crippen molar-refractivity contribution in [1.29, 1.82) is 0 Å². The Morgan fingerprint density at radius 2 is 1.70 bits per heavy atom. The second-order valence-corrected chi connectivity index (χ2v) is 11.4. The lowest BCUT2D eigenvalue weighted by Gasteiger charge is -2.12. The normalized spacial score (nSPS) is 11.0. The average Bonchev–Trinajstić information content (AvgIpc) is 3.40. The lowest BCUT2D eigenvalue weighted by atomic mass is 10.0. The number of H-pyrrole nitrogens is 1. The molecule has 0 unspecified atom stereocenters. The lowest BCUT2D eigenvalue weighted by Crippen LogP contribution is -2.19. The number of methoxy groups -OCH3 is 1. The van der Waals surface area contributed by atoms with Gasteiger partial charge >= 0.3 is 11.9 Å². The van der Waals surface area contributed by atoms with Crippen LogP contribution in [0.3, 0.4) is 0 Å². The first-order valence-corrected chi connectivity index (χ1v) is 14.9. The van der Waals surface area contributed by atoms with Gasteiger partial charge in [-0.1, -0.05) is 70.0 Å². The van der Waals surface area contributed by atoms with Gasteiger partial charge in [0.15, 0.2) is 17.2 Å². The molecule has 0 atom stereocenters. The van der Waals surface area contributed by atoms with Gasteiger partial charge in [-0.05, 0) is 57.9 Å². The number of hydrogen-bond acceptors (Lipinski definition) is 7. The molecule has 0 saturated heterocycles. The summed E-state index contributed by atoms with van der Waals surface area (Å²) in [6.45, 7) is 1.26. The summed E-state index contributed by atoms with van der Waals surface area (Å²) < 4.78 is 17.2. The third kappa shape index (κ3) is 6.70. The number of aromatic nitrogens is 1. The van der Waals surface area contributed by atoms with Gasteiger partial charge in [0.25, 0.3) is 5.91 Å². The van der Waals surface area contributed by atoms with E-state index in [-0.39, 0.29) is 28.5 Å². The van der Waals surface area contributed by atoms with E-state index < -0.39 is 17.8 Å².